The summed E-state index contributed by atoms with van der Waals surface area (Å²) in [6.45, 7) is 1.69. The molecule has 0 unspecified atom stereocenters. The second-order valence-electron chi connectivity index (χ2n) is 6.98. The van der Waals surface area contributed by atoms with E-state index in [-0.39, 0.29) is 39.3 Å². The van der Waals surface area contributed by atoms with E-state index in [1.165, 1.54) is 38.5 Å². The van der Waals surface area contributed by atoms with Crippen molar-refractivity contribution in [3.63, 3.8) is 0 Å². The van der Waals surface area contributed by atoms with Gasteiger partial charge < -0.3 is 19.0 Å². The van der Waals surface area contributed by atoms with Gasteiger partial charge in [0.15, 0.2) is 23.2 Å². The number of amidine groups is 2. The predicted molar refractivity (Wildman–Crippen MR) is 121 cm³/mol. The summed E-state index contributed by atoms with van der Waals surface area (Å²) in [4.78, 5) is 34.4. The standard InChI is InChI=1S/C23H18ClN3O6/c1-12-7-19-26-22(28)16(21(25)27(19)33-12)8-13-9-17(24)20(18(10-13)31-3)32-23(29)14-5-4-6-15(11-14)30-2/h4-11,25H,1-3H3/b16-8-,25-21?. The van der Waals surface area contributed by atoms with Gasteiger partial charge in [-0.25, -0.2) is 4.79 Å². The summed E-state index contributed by atoms with van der Waals surface area (Å²) in [5, 5.41) is 9.55. The molecule has 2 aliphatic rings. The van der Waals surface area contributed by atoms with Crippen molar-refractivity contribution >= 4 is 41.2 Å². The maximum absolute atomic E-state index is 12.6. The molecule has 1 N–H and O–H groups in total. The summed E-state index contributed by atoms with van der Waals surface area (Å²) in [5.74, 6) is 0.0324. The average molecular weight is 468 g/mol. The second kappa shape index (κ2) is 8.79. The van der Waals surface area contributed by atoms with Crippen LogP contribution in [0.1, 0.15) is 22.8 Å². The van der Waals surface area contributed by atoms with Gasteiger partial charge in [-0.2, -0.15) is 4.99 Å². The number of carbonyl (C=O) groups is 2. The highest BCUT2D eigenvalue weighted by Crippen LogP contribution is 2.38. The summed E-state index contributed by atoms with van der Waals surface area (Å²) >= 11 is 6.38. The Morgan fingerprint density at radius 1 is 1.21 bits per heavy atom. The minimum atomic E-state index is -0.652. The van der Waals surface area contributed by atoms with Crippen LogP contribution in [0, 0.1) is 5.41 Å². The molecule has 2 aromatic carbocycles. The zero-order chi connectivity index (χ0) is 23.7. The Hall–Kier alpha value is -4.11. The Bertz CT molecular complexity index is 1280. The SMILES string of the molecule is COc1cccc(C(=O)Oc2c(Cl)cc(/C=C3/C(=N)N4OC(C)=CC4=NC3=O)cc2OC)c1. The number of hydrogen-bond acceptors (Lipinski definition) is 7. The van der Waals surface area contributed by atoms with Crippen molar-refractivity contribution in [2.24, 2.45) is 4.99 Å². The first-order chi connectivity index (χ1) is 15.8. The lowest BCUT2D eigenvalue weighted by molar-refractivity contribution is -0.114. The number of fused-ring (bicyclic) bond motifs is 1. The molecule has 0 radical (unpaired) electrons. The Morgan fingerprint density at radius 3 is 2.73 bits per heavy atom. The van der Waals surface area contributed by atoms with Crippen molar-refractivity contribution in [2.45, 2.75) is 6.92 Å². The lowest BCUT2D eigenvalue weighted by Crippen LogP contribution is -2.38. The van der Waals surface area contributed by atoms with Crippen molar-refractivity contribution in [3.8, 4) is 17.2 Å². The van der Waals surface area contributed by atoms with Gasteiger partial charge in [0.25, 0.3) is 5.91 Å². The van der Waals surface area contributed by atoms with Gasteiger partial charge in [0.05, 0.1) is 30.4 Å². The van der Waals surface area contributed by atoms with Gasteiger partial charge in [-0.15, -0.1) is 5.06 Å². The number of carbonyl (C=O) groups excluding carboxylic acids is 2. The van der Waals surface area contributed by atoms with E-state index in [1.807, 2.05) is 0 Å². The first-order valence-electron chi connectivity index (χ1n) is 9.64. The Labute approximate surface area is 193 Å². The number of ether oxygens (including phenoxy) is 3. The van der Waals surface area contributed by atoms with Crippen LogP contribution in [0.4, 0.5) is 0 Å². The first kappa shape index (κ1) is 22.1. The molecule has 10 heteroatoms. The molecule has 2 heterocycles. The van der Waals surface area contributed by atoms with E-state index in [0.29, 0.717) is 17.1 Å². The molecule has 9 nitrogen and oxygen atoms in total. The number of amides is 1. The van der Waals surface area contributed by atoms with Gasteiger partial charge in [0.1, 0.15) is 11.5 Å². The predicted octanol–water partition coefficient (Wildman–Crippen LogP) is 4.03. The number of methoxy groups -OCH3 is 2. The first-order valence-corrected chi connectivity index (χ1v) is 10.0. The number of halogens is 1. The van der Waals surface area contributed by atoms with Crippen LogP contribution in [0.15, 0.2) is 58.8 Å². The number of nitrogens with zero attached hydrogens (tertiary/aromatic N) is 2. The molecule has 4 rings (SSSR count). The number of benzene rings is 2. The van der Waals surface area contributed by atoms with Crippen LogP contribution in [0.2, 0.25) is 5.02 Å². The fraction of sp³-hybridized carbons (Fsp3) is 0.130. The molecule has 1 amide bonds. The number of esters is 1. The molecule has 0 spiro atoms. The van der Waals surface area contributed by atoms with Crippen LogP contribution >= 0.6 is 11.6 Å². The zero-order valence-corrected chi connectivity index (χ0v) is 18.6. The molecule has 2 aromatic rings. The molecule has 168 valence electrons. The zero-order valence-electron chi connectivity index (χ0n) is 17.8. The highest BCUT2D eigenvalue weighted by molar-refractivity contribution is 6.34. The normalized spacial score (nSPS) is 16.1. The summed E-state index contributed by atoms with van der Waals surface area (Å²) in [7, 11) is 2.89. The molecular weight excluding hydrogens is 450 g/mol. The third kappa shape index (κ3) is 4.31. The van der Waals surface area contributed by atoms with E-state index in [9.17, 15) is 9.59 Å². The minimum absolute atomic E-state index is 0.00101. The molecule has 0 fully saturated rings. The number of hydrogen-bond donors (Lipinski definition) is 1. The Balaban J connectivity index is 1.64. The monoisotopic (exact) mass is 467 g/mol. The van der Waals surface area contributed by atoms with Crippen molar-refractivity contribution in [1.82, 2.24) is 5.06 Å². The van der Waals surface area contributed by atoms with Gasteiger partial charge >= 0.3 is 5.97 Å². The average Bonchev–Trinajstić information content (AvgIpc) is 3.18. The molecular formula is C23H18ClN3O6. The molecule has 0 saturated carbocycles. The fourth-order valence-electron chi connectivity index (χ4n) is 3.19. The fourth-order valence-corrected chi connectivity index (χ4v) is 3.45. The van der Waals surface area contributed by atoms with E-state index in [2.05, 4.69) is 4.99 Å². The summed E-state index contributed by atoms with van der Waals surface area (Å²) in [6, 6.07) is 9.49. The third-order valence-corrected chi connectivity index (χ3v) is 5.02. The van der Waals surface area contributed by atoms with Crippen molar-refractivity contribution < 1.29 is 28.6 Å². The third-order valence-electron chi connectivity index (χ3n) is 4.74. The van der Waals surface area contributed by atoms with Crippen LogP contribution in [-0.4, -0.2) is 42.8 Å². The van der Waals surface area contributed by atoms with Crippen LogP contribution in [0.5, 0.6) is 17.2 Å². The minimum Gasteiger partial charge on any atom is -0.497 e. The topological polar surface area (TPSA) is 111 Å². The number of nitrogens with one attached hydrogen (secondary N) is 1. The molecule has 0 aliphatic carbocycles. The molecule has 33 heavy (non-hydrogen) atoms. The number of allylic oxidation sites excluding steroid dienone is 1. The highest BCUT2D eigenvalue weighted by atomic mass is 35.5. The van der Waals surface area contributed by atoms with Gasteiger partial charge in [0, 0.05) is 6.08 Å². The summed E-state index contributed by atoms with van der Waals surface area (Å²) in [5.41, 5.74) is 0.706. The molecule has 0 bridgehead atoms. The van der Waals surface area contributed by atoms with E-state index < -0.39 is 11.9 Å². The van der Waals surface area contributed by atoms with E-state index in [0.717, 1.165) is 5.06 Å². The van der Waals surface area contributed by atoms with Crippen LogP contribution < -0.4 is 14.2 Å². The van der Waals surface area contributed by atoms with Crippen LogP contribution in [0.3, 0.4) is 0 Å². The van der Waals surface area contributed by atoms with E-state index in [1.54, 1.807) is 31.2 Å². The lowest BCUT2D eigenvalue weighted by atomic mass is 10.1. The van der Waals surface area contributed by atoms with Gasteiger partial charge in [0.2, 0.25) is 0 Å². The van der Waals surface area contributed by atoms with Crippen LogP contribution in [-0.2, 0) is 9.63 Å². The molecule has 0 aromatic heterocycles. The molecule has 0 saturated heterocycles. The van der Waals surface area contributed by atoms with Crippen molar-refractivity contribution in [2.75, 3.05) is 14.2 Å². The lowest BCUT2D eigenvalue weighted by Gasteiger charge is -2.23. The number of aliphatic imine (C=N–C) groups is 1. The maximum atomic E-state index is 12.6. The highest BCUT2D eigenvalue weighted by Gasteiger charge is 2.34. The molecule has 0 atom stereocenters. The van der Waals surface area contributed by atoms with Crippen molar-refractivity contribution in [3.05, 3.63) is 70.0 Å². The Kier molecular flexibility index (Phi) is 5.89. The smallest absolute Gasteiger partial charge is 0.343 e. The largest absolute Gasteiger partial charge is 0.497 e. The summed E-state index contributed by atoms with van der Waals surface area (Å²) < 4.78 is 15.9. The molecule has 2 aliphatic heterocycles. The maximum Gasteiger partial charge on any atom is 0.343 e. The number of rotatable bonds is 5. The second-order valence-corrected chi connectivity index (χ2v) is 7.39. The van der Waals surface area contributed by atoms with Crippen LogP contribution in [0.25, 0.3) is 6.08 Å². The van der Waals surface area contributed by atoms with Gasteiger partial charge in [-0.1, -0.05) is 17.7 Å². The van der Waals surface area contributed by atoms with Crippen molar-refractivity contribution in [1.29, 1.82) is 5.41 Å². The van der Waals surface area contributed by atoms with Gasteiger partial charge in [-0.05, 0) is 48.9 Å². The number of hydroxylamine groups is 2. The Morgan fingerprint density at radius 2 is 2.00 bits per heavy atom. The van der Waals surface area contributed by atoms with Gasteiger partial charge in [-0.3, -0.25) is 10.2 Å². The van der Waals surface area contributed by atoms with E-state index >= 15 is 0 Å². The van der Waals surface area contributed by atoms with E-state index in [4.69, 9.17) is 36.1 Å². The summed E-state index contributed by atoms with van der Waals surface area (Å²) in [6.07, 6.45) is 3.00. The quantitative estimate of drug-likeness (QED) is 0.401.